The first-order valence-corrected chi connectivity index (χ1v) is 11.3. The Morgan fingerprint density at radius 1 is 1.00 bits per heavy atom. The predicted octanol–water partition coefficient (Wildman–Crippen LogP) is 6.06. The number of thiophene rings is 1. The van der Waals surface area contributed by atoms with Gasteiger partial charge in [0, 0.05) is 46.5 Å². The van der Waals surface area contributed by atoms with Crippen molar-refractivity contribution in [3.63, 3.8) is 0 Å². The van der Waals surface area contributed by atoms with Gasteiger partial charge in [-0.1, -0.05) is 12.1 Å². The zero-order chi connectivity index (χ0) is 20.5. The van der Waals surface area contributed by atoms with Gasteiger partial charge in [-0.05, 0) is 61.2 Å². The molecule has 4 rings (SSSR count). The Kier molecular flexibility index (Phi) is 5.44. The second kappa shape index (κ2) is 8.02. The molecule has 0 saturated carbocycles. The van der Waals surface area contributed by atoms with E-state index in [0.717, 1.165) is 44.5 Å². The summed E-state index contributed by atoms with van der Waals surface area (Å²) >= 11 is 1.46. The molecular weight excluding hydrogens is 399 g/mol. The van der Waals surface area contributed by atoms with Crippen molar-refractivity contribution in [1.82, 2.24) is 4.57 Å². The number of ketones is 1. The quantitative estimate of drug-likeness (QED) is 0.216. The summed E-state index contributed by atoms with van der Waals surface area (Å²) in [6.07, 6.45) is 0. The molecule has 4 aromatic rings. The number of carbonyl (C=O) groups is 2. The van der Waals surface area contributed by atoms with Gasteiger partial charge in [-0.25, -0.2) is 0 Å². The van der Waals surface area contributed by atoms with E-state index < -0.39 is 0 Å². The van der Waals surface area contributed by atoms with Crippen LogP contribution >= 0.6 is 20.1 Å². The van der Waals surface area contributed by atoms with Gasteiger partial charge in [0.15, 0.2) is 5.52 Å². The van der Waals surface area contributed by atoms with E-state index in [2.05, 4.69) is 34.5 Å². The maximum Gasteiger partial charge on any atom is 0.202 e. The van der Waals surface area contributed by atoms with Crippen LogP contribution in [0, 0.1) is 0 Å². The molecule has 0 aliphatic carbocycles. The fourth-order valence-electron chi connectivity index (χ4n) is 3.59. The lowest BCUT2D eigenvalue weighted by Gasteiger charge is -2.04. The van der Waals surface area contributed by atoms with Crippen molar-refractivity contribution in [2.24, 2.45) is 4.76 Å². The number of rotatable bonds is 6. The van der Waals surface area contributed by atoms with E-state index in [9.17, 15) is 9.59 Å². The first kappa shape index (κ1) is 19.7. The molecule has 0 aliphatic heterocycles. The van der Waals surface area contributed by atoms with Crippen molar-refractivity contribution in [3.8, 4) is 0 Å². The third kappa shape index (κ3) is 3.68. The van der Waals surface area contributed by atoms with E-state index in [-0.39, 0.29) is 20.0 Å². The Morgan fingerprint density at radius 2 is 1.66 bits per heavy atom. The van der Waals surface area contributed by atoms with Gasteiger partial charge in [0.2, 0.25) is 5.78 Å². The molecule has 0 radical (unpaired) electrons. The summed E-state index contributed by atoms with van der Waals surface area (Å²) in [6.45, 7) is 6.45. The molecule has 29 heavy (non-hydrogen) atoms. The molecule has 4 nitrogen and oxygen atoms in total. The number of aromatic nitrogens is 1. The first-order valence-electron chi connectivity index (χ1n) is 9.45. The number of nitrogens with zero attached hydrogens (tertiary/aromatic N) is 2. The van der Waals surface area contributed by atoms with Crippen molar-refractivity contribution >= 4 is 58.9 Å². The lowest BCUT2D eigenvalue weighted by Crippen LogP contribution is -1.98. The number of hydrogen-bond donors (Lipinski definition) is 0. The molecule has 2 aromatic carbocycles. The van der Waals surface area contributed by atoms with Crippen LogP contribution in [-0.2, 0) is 11.3 Å². The van der Waals surface area contributed by atoms with Crippen molar-refractivity contribution < 1.29 is 9.59 Å². The number of benzene rings is 2. The largest absolute Gasteiger partial charge is 0.341 e. The second-order valence-electron chi connectivity index (χ2n) is 6.88. The summed E-state index contributed by atoms with van der Waals surface area (Å²) in [4.78, 5) is 24.9. The highest BCUT2D eigenvalue weighted by atomic mass is 32.1. The monoisotopic (exact) mass is 420 g/mol. The molecule has 0 N–H and O–H groups in total. The van der Waals surface area contributed by atoms with Crippen molar-refractivity contribution in [2.75, 3.05) is 0 Å². The van der Waals surface area contributed by atoms with Crippen LogP contribution in [0.4, 0.5) is 0 Å². The summed E-state index contributed by atoms with van der Waals surface area (Å²) in [7, 11) is -0.0600. The molecule has 0 fully saturated rings. The van der Waals surface area contributed by atoms with E-state index in [1.807, 2.05) is 42.6 Å². The molecule has 0 aliphatic rings. The lowest BCUT2D eigenvalue weighted by molar-refractivity contribution is -0.109. The molecule has 0 amide bonds. The van der Waals surface area contributed by atoms with Crippen molar-refractivity contribution in [3.05, 3.63) is 69.9 Å². The van der Waals surface area contributed by atoms with E-state index >= 15 is 0 Å². The number of aryl methyl sites for hydroxylation is 1. The van der Waals surface area contributed by atoms with Crippen molar-refractivity contribution in [2.45, 2.75) is 27.3 Å². The molecular formula is C23H21N2O2PS. The molecule has 0 saturated heterocycles. The minimum Gasteiger partial charge on any atom is -0.341 e. The first-order chi connectivity index (χ1) is 14.0. The highest BCUT2D eigenvalue weighted by Gasteiger charge is 2.15. The Bertz CT molecular complexity index is 1270. The minimum absolute atomic E-state index is 0.0517. The van der Waals surface area contributed by atoms with Gasteiger partial charge in [0.1, 0.15) is 0 Å². The van der Waals surface area contributed by atoms with E-state index in [1.54, 1.807) is 6.92 Å². The van der Waals surface area contributed by atoms with Crippen LogP contribution in [0.2, 0.25) is 0 Å². The fourth-order valence-corrected chi connectivity index (χ4v) is 4.73. The van der Waals surface area contributed by atoms with E-state index in [1.165, 1.54) is 11.3 Å². The summed E-state index contributed by atoms with van der Waals surface area (Å²) in [5.74, 6) is 0.0517. The highest BCUT2D eigenvalue weighted by Crippen LogP contribution is 2.32. The van der Waals surface area contributed by atoms with Crippen molar-refractivity contribution in [1.29, 1.82) is 0 Å². The molecule has 1 unspecified atom stereocenters. The number of fused-ring (bicyclic) bond motifs is 3. The zero-order valence-corrected chi connectivity index (χ0v) is 18.3. The van der Waals surface area contributed by atoms with Crippen LogP contribution in [0.5, 0.6) is 0 Å². The molecule has 146 valence electrons. The average molecular weight is 420 g/mol. The third-order valence-electron chi connectivity index (χ3n) is 4.99. The smallest absolute Gasteiger partial charge is 0.202 e. The topological polar surface area (TPSA) is 51.4 Å². The highest BCUT2D eigenvalue weighted by molar-refractivity contribution is 7.56. The normalized spacial score (nSPS) is 12.4. The standard InChI is InChI=1S/C23H21N2O2PS/c1-4-25-20-9-7-16(14(2)24-28-15(3)26)12-18(20)19-13-17(8-10-21(19)25)23(27)22-6-5-11-29-22/h5-13,28H,4H2,1-3H3. The predicted molar refractivity (Wildman–Crippen MR) is 124 cm³/mol. The van der Waals surface area contributed by atoms with Crippen LogP contribution in [0.3, 0.4) is 0 Å². The molecule has 6 heteroatoms. The third-order valence-corrected chi connectivity index (χ3v) is 6.62. The lowest BCUT2D eigenvalue weighted by atomic mass is 10.0. The van der Waals surface area contributed by atoms with Gasteiger partial charge < -0.3 is 4.57 Å². The Balaban J connectivity index is 1.89. The Hall–Kier alpha value is -2.62. The molecule has 1 atom stereocenters. The van der Waals surface area contributed by atoms with Gasteiger partial charge in [-0.2, -0.15) is 0 Å². The average Bonchev–Trinajstić information content (AvgIpc) is 3.36. The van der Waals surface area contributed by atoms with E-state index in [4.69, 9.17) is 0 Å². The van der Waals surface area contributed by atoms with Crippen LogP contribution in [0.25, 0.3) is 21.8 Å². The summed E-state index contributed by atoms with van der Waals surface area (Å²) in [5, 5.41) is 4.08. The molecule has 2 heterocycles. The summed E-state index contributed by atoms with van der Waals surface area (Å²) in [5.41, 5.74) is 4.87. The number of hydrogen-bond acceptors (Lipinski definition) is 4. The second-order valence-corrected chi connectivity index (χ2v) is 8.98. The van der Waals surface area contributed by atoms with Crippen LogP contribution in [-0.4, -0.2) is 21.6 Å². The maximum absolute atomic E-state index is 12.8. The summed E-state index contributed by atoms with van der Waals surface area (Å²) < 4.78 is 6.68. The van der Waals surface area contributed by atoms with Gasteiger partial charge in [0.25, 0.3) is 0 Å². The molecule has 2 aromatic heterocycles. The molecule has 0 bridgehead atoms. The maximum atomic E-state index is 12.8. The van der Waals surface area contributed by atoms with Gasteiger partial charge in [0.05, 0.1) is 13.6 Å². The van der Waals surface area contributed by atoms with Gasteiger partial charge >= 0.3 is 0 Å². The SMILES string of the molecule is CCn1c2ccc(C(=O)c3cccs3)cc2c2cc(C(C)=NPC(C)=O)ccc21. The number of carbonyl (C=O) groups excluding carboxylic acids is 2. The Labute approximate surface area is 175 Å². The van der Waals surface area contributed by atoms with Crippen LogP contribution < -0.4 is 0 Å². The van der Waals surface area contributed by atoms with E-state index in [0.29, 0.717) is 5.56 Å². The molecule has 0 spiro atoms. The zero-order valence-electron chi connectivity index (χ0n) is 16.5. The minimum atomic E-state index is -0.0600. The fraction of sp³-hybridized carbons (Fsp3) is 0.174. The van der Waals surface area contributed by atoms with Gasteiger partial charge in [-0.15, -0.1) is 11.3 Å². The van der Waals surface area contributed by atoms with Crippen LogP contribution in [0.15, 0.2) is 58.7 Å². The van der Waals surface area contributed by atoms with Gasteiger partial charge in [-0.3, -0.25) is 14.4 Å². The summed E-state index contributed by atoms with van der Waals surface area (Å²) in [6, 6.07) is 16.0. The Morgan fingerprint density at radius 3 is 2.24 bits per heavy atom. The van der Waals surface area contributed by atoms with Crippen LogP contribution in [0.1, 0.15) is 41.6 Å².